The molecule has 1 fully saturated rings. The van der Waals surface area contributed by atoms with Crippen molar-refractivity contribution >= 4 is 5.91 Å². The second-order valence-electron chi connectivity index (χ2n) is 4.74. The molecule has 1 N–H and O–H groups in total. The maximum Gasteiger partial charge on any atom is 0.264 e. The SMILES string of the molecule is O=C(NCC1CCCO1)C1COc2ccccc2O1. The highest BCUT2D eigenvalue weighted by Crippen LogP contribution is 2.30. The van der Waals surface area contributed by atoms with Gasteiger partial charge in [-0.1, -0.05) is 12.1 Å². The Morgan fingerprint density at radius 1 is 1.32 bits per heavy atom. The Kier molecular flexibility index (Phi) is 3.55. The van der Waals surface area contributed by atoms with E-state index in [9.17, 15) is 4.79 Å². The van der Waals surface area contributed by atoms with Crippen molar-refractivity contribution in [2.24, 2.45) is 0 Å². The zero-order valence-corrected chi connectivity index (χ0v) is 10.6. The summed E-state index contributed by atoms with van der Waals surface area (Å²) >= 11 is 0. The number of nitrogens with one attached hydrogen (secondary N) is 1. The van der Waals surface area contributed by atoms with Gasteiger partial charge in [0.2, 0.25) is 6.10 Å². The lowest BCUT2D eigenvalue weighted by atomic mass is 10.2. The van der Waals surface area contributed by atoms with Crippen LogP contribution in [0.1, 0.15) is 12.8 Å². The number of hydrogen-bond donors (Lipinski definition) is 1. The van der Waals surface area contributed by atoms with Crippen LogP contribution in [0.15, 0.2) is 24.3 Å². The van der Waals surface area contributed by atoms with E-state index in [1.165, 1.54) is 0 Å². The summed E-state index contributed by atoms with van der Waals surface area (Å²) in [4.78, 5) is 12.0. The predicted molar refractivity (Wildman–Crippen MR) is 68.3 cm³/mol. The highest BCUT2D eigenvalue weighted by Gasteiger charge is 2.28. The van der Waals surface area contributed by atoms with Crippen LogP contribution in [-0.4, -0.2) is 37.9 Å². The normalized spacial score (nSPS) is 25.1. The molecule has 1 aromatic rings. The van der Waals surface area contributed by atoms with E-state index in [4.69, 9.17) is 14.2 Å². The Hall–Kier alpha value is -1.75. The smallest absolute Gasteiger partial charge is 0.264 e. The largest absolute Gasteiger partial charge is 0.485 e. The molecule has 5 nitrogen and oxygen atoms in total. The van der Waals surface area contributed by atoms with E-state index in [1.807, 2.05) is 18.2 Å². The summed E-state index contributed by atoms with van der Waals surface area (Å²) in [6.07, 6.45) is 1.62. The monoisotopic (exact) mass is 263 g/mol. The summed E-state index contributed by atoms with van der Waals surface area (Å²) in [5, 5.41) is 2.86. The minimum atomic E-state index is -0.587. The van der Waals surface area contributed by atoms with Crippen LogP contribution in [0.2, 0.25) is 0 Å². The lowest BCUT2D eigenvalue weighted by molar-refractivity contribution is -0.130. The average molecular weight is 263 g/mol. The summed E-state index contributed by atoms with van der Waals surface area (Å²) in [6, 6.07) is 7.36. The van der Waals surface area contributed by atoms with Crippen LogP contribution >= 0.6 is 0 Å². The lowest BCUT2D eigenvalue weighted by Gasteiger charge is -2.25. The van der Waals surface area contributed by atoms with Crippen molar-refractivity contribution in [3.63, 3.8) is 0 Å². The third kappa shape index (κ3) is 2.81. The maximum absolute atomic E-state index is 12.0. The molecule has 5 heteroatoms. The summed E-state index contributed by atoms with van der Waals surface area (Å²) in [6.45, 7) is 1.58. The molecular weight excluding hydrogens is 246 g/mol. The summed E-state index contributed by atoms with van der Waals surface area (Å²) in [5.41, 5.74) is 0. The van der Waals surface area contributed by atoms with Crippen molar-refractivity contribution in [3.05, 3.63) is 24.3 Å². The number of para-hydroxylation sites is 2. The maximum atomic E-state index is 12.0. The van der Waals surface area contributed by atoms with E-state index in [1.54, 1.807) is 6.07 Å². The molecule has 0 aromatic heterocycles. The fraction of sp³-hybridized carbons (Fsp3) is 0.500. The van der Waals surface area contributed by atoms with Crippen LogP contribution in [0.25, 0.3) is 0 Å². The van der Waals surface area contributed by atoms with Crippen molar-refractivity contribution in [2.45, 2.75) is 25.0 Å². The first-order valence-electron chi connectivity index (χ1n) is 6.61. The van der Waals surface area contributed by atoms with E-state index in [0.29, 0.717) is 18.0 Å². The number of carbonyl (C=O) groups excluding carboxylic acids is 1. The third-order valence-electron chi connectivity index (χ3n) is 3.33. The van der Waals surface area contributed by atoms with Crippen molar-refractivity contribution in [3.8, 4) is 11.5 Å². The molecule has 2 aliphatic heterocycles. The molecule has 1 aromatic carbocycles. The zero-order valence-electron chi connectivity index (χ0n) is 10.6. The summed E-state index contributed by atoms with van der Waals surface area (Å²) < 4.78 is 16.6. The first-order valence-corrected chi connectivity index (χ1v) is 6.61. The molecule has 2 unspecified atom stereocenters. The summed E-state index contributed by atoms with van der Waals surface area (Å²) in [7, 11) is 0. The average Bonchev–Trinajstić information content (AvgIpc) is 2.97. The van der Waals surface area contributed by atoms with Gasteiger partial charge in [-0.25, -0.2) is 0 Å². The van der Waals surface area contributed by atoms with E-state index in [0.717, 1.165) is 19.4 Å². The van der Waals surface area contributed by atoms with Gasteiger partial charge in [0.25, 0.3) is 5.91 Å². The molecular formula is C14H17NO4. The molecule has 2 aliphatic rings. The standard InChI is InChI=1S/C14H17NO4/c16-14(15-8-10-4-3-7-17-10)13-9-18-11-5-1-2-6-12(11)19-13/h1-2,5-6,10,13H,3-4,7-9H2,(H,15,16). The van der Waals surface area contributed by atoms with Gasteiger partial charge in [-0.2, -0.15) is 0 Å². The van der Waals surface area contributed by atoms with Crippen LogP contribution in [0.5, 0.6) is 11.5 Å². The third-order valence-corrected chi connectivity index (χ3v) is 3.33. The van der Waals surface area contributed by atoms with Crippen molar-refractivity contribution in [2.75, 3.05) is 19.8 Å². The second kappa shape index (κ2) is 5.48. The number of benzene rings is 1. The number of ether oxygens (including phenoxy) is 3. The first-order chi connectivity index (χ1) is 9.33. The van der Waals surface area contributed by atoms with Crippen molar-refractivity contribution in [1.29, 1.82) is 0 Å². The minimum Gasteiger partial charge on any atom is -0.485 e. The Morgan fingerprint density at radius 3 is 2.95 bits per heavy atom. The van der Waals surface area contributed by atoms with Gasteiger partial charge < -0.3 is 19.5 Å². The number of rotatable bonds is 3. The van der Waals surface area contributed by atoms with Gasteiger partial charge in [0.15, 0.2) is 11.5 Å². The Morgan fingerprint density at radius 2 is 2.16 bits per heavy atom. The predicted octanol–water partition coefficient (Wildman–Crippen LogP) is 1.12. The highest BCUT2D eigenvalue weighted by molar-refractivity contribution is 5.81. The Bertz CT molecular complexity index is 457. The lowest BCUT2D eigenvalue weighted by Crippen LogP contribution is -2.46. The first kappa shape index (κ1) is 12.3. The van der Waals surface area contributed by atoms with E-state index >= 15 is 0 Å². The molecule has 0 spiro atoms. The molecule has 19 heavy (non-hydrogen) atoms. The van der Waals surface area contributed by atoms with Crippen LogP contribution in [0.3, 0.4) is 0 Å². The second-order valence-corrected chi connectivity index (χ2v) is 4.74. The number of amides is 1. The Labute approximate surface area is 111 Å². The van der Waals surface area contributed by atoms with Crippen LogP contribution in [0.4, 0.5) is 0 Å². The van der Waals surface area contributed by atoms with Crippen LogP contribution < -0.4 is 14.8 Å². The summed E-state index contributed by atoms with van der Waals surface area (Å²) in [5.74, 6) is 1.15. The zero-order chi connectivity index (χ0) is 13.1. The van der Waals surface area contributed by atoms with Gasteiger partial charge in [0, 0.05) is 13.2 Å². The molecule has 0 aliphatic carbocycles. The van der Waals surface area contributed by atoms with E-state index in [-0.39, 0.29) is 18.6 Å². The topological polar surface area (TPSA) is 56.8 Å². The van der Waals surface area contributed by atoms with Gasteiger partial charge in [0.05, 0.1) is 6.10 Å². The highest BCUT2D eigenvalue weighted by atomic mass is 16.6. The van der Waals surface area contributed by atoms with E-state index in [2.05, 4.69) is 5.32 Å². The van der Waals surface area contributed by atoms with Crippen molar-refractivity contribution in [1.82, 2.24) is 5.32 Å². The number of carbonyl (C=O) groups is 1. The molecule has 0 saturated carbocycles. The molecule has 1 saturated heterocycles. The van der Waals surface area contributed by atoms with E-state index < -0.39 is 6.10 Å². The molecule has 102 valence electrons. The van der Waals surface area contributed by atoms with Crippen molar-refractivity contribution < 1.29 is 19.0 Å². The molecule has 2 heterocycles. The molecule has 1 amide bonds. The quantitative estimate of drug-likeness (QED) is 0.888. The number of hydrogen-bond acceptors (Lipinski definition) is 4. The molecule has 2 atom stereocenters. The van der Waals surface area contributed by atoms with Crippen LogP contribution in [-0.2, 0) is 9.53 Å². The molecule has 0 radical (unpaired) electrons. The van der Waals surface area contributed by atoms with Gasteiger partial charge in [0.1, 0.15) is 6.61 Å². The van der Waals surface area contributed by atoms with Gasteiger partial charge >= 0.3 is 0 Å². The van der Waals surface area contributed by atoms with Crippen LogP contribution in [0, 0.1) is 0 Å². The fourth-order valence-electron chi connectivity index (χ4n) is 2.28. The molecule has 3 rings (SSSR count). The van der Waals surface area contributed by atoms with Gasteiger partial charge in [-0.05, 0) is 25.0 Å². The molecule has 0 bridgehead atoms. The van der Waals surface area contributed by atoms with Gasteiger partial charge in [-0.3, -0.25) is 4.79 Å². The fourth-order valence-corrected chi connectivity index (χ4v) is 2.28. The number of fused-ring (bicyclic) bond motifs is 1. The Balaban J connectivity index is 1.54. The minimum absolute atomic E-state index is 0.140. The van der Waals surface area contributed by atoms with Gasteiger partial charge in [-0.15, -0.1) is 0 Å².